The number of benzene rings is 1. The molecule has 14 heavy (non-hydrogen) atoms. The summed E-state index contributed by atoms with van der Waals surface area (Å²) < 4.78 is 0. The molecule has 0 aromatic heterocycles. The highest BCUT2D eigenvalue weighted by Crippen LogP contribution is 2.16. The molecule has 1 aromatic rings. The minimum Gasteiger partial charge on any atom is -0.0651 e. The Hall–Kier alpha value is -0.780. The van der Waals surface area contributed by atoms with Crippen molar-refractivity contribution in [1.82, 2.24) is 0 Å². The van der Waals surface area contributed by atoms with Crippen LogP contribution in [0.1, 0.15) is 45.1 Å². The van der Waals surface area contributed by atoms with E-state index >= 15 is 0 Å². The van der Waals surface area contributed by atoms with Crippen LogP contribution >= 0.6 is 0 Å². The molecule has 0 fully saturated rings. The van der Waals surface area contributed by atoms with Gasteiger partial charge in [0.1, 0.15) is 0 Å². The van der Waals surface area contributed by atoms with E-state index in [0.29, 0.717) is 0 Å². The first-order valence-electron chi connectivity index (χ1n) is 5.81. The molecule has 0 saturated heterocycles. The third-order valence-corrected chi connectivity index (χ3v) is 3.02. The molecule has 0 heteroatoms. The van der Waals surface area contributed by atoms with Gasteiger partial charge in [-0.1, -0.05) is 57.4 Å². The molecule has 0 unspecified atom stereocenters. The lowest BCUT2D eigenvalue weighted by atomic mass is 9.95. The summed E-state index contributed by atoms with van der Waals surface area (Å²) >= 11 is 0. The van der Waals surface area contributed by atoms with E-state index in [4.69, 9.17) is 0 Å². The molecule has 0 saturated carbocycles. The monoisotopic (exact) mass is 189 g/mol. The second kappa shape index (κ2) is 6.64. The first-order chi connectivity index (χ1) is 6.86. The second-order valence-electron chi connectivity index (χ2n) is 3.98. The van der Waals surface area contributed by atoms with Crippen LogP contribution in [0.2, 0.25) is 0 Å². The van der Waals surface area contributed by atoms with Crippen molar-refractivity contribution in [2.24, 2.45) is 5.92 Å². The molecule has 77 valence electrons. The van der Waals surface area contributed by atoms with Crippen LogP contribution < -0.4 is 0 Å². The van der Waals surface area contributed by atoms with E-state index in [9.17, 15) is 0 Å². The molecule has 0 nitrogen and oxygen atoms in total. The van der Waals surface area contributed by atoms with Crippen molar-refractivity contribution in [2.45, 2.75) is 46.0 Å². The van der Waals surface area contributed by atoms with Gasteiger partial charge < -0.3 is 0 Å². The molecule has 0 heterocycles. The molecular formula is C14H21. The molecule has 0 aliphatic rings. The van der Waals surface area contributed by atoms with E-state index in [0.717, 1.165) is 5.92 Å². The van der Waals surface area contributed by atoms with Gasteiger partial charge in [-0.2, -0.15) is 0 Å². The fraction of sp³-hybridized carbons (Fsp3) is 0.571. The van der Waals surface area contributed by atoms with Crippen LogP contribution in [-0.2, 0) is 6.42 Å². The van der Waals surface area contributed by atoms with Crippen LogP contribution in [0.15, 0.2) is 24.3 Å². The molecule has 1 aromatic carbocycles. The SMILES string of the molecule is CCC(CC)CCCc1cc[c]cc1. The lowest BCUT2D eigenvalue weighted by molar-refractivity contribution is 0.441. The topological polar surface area (TPSA) is 0 Å². The Kier molecular flexibility index (Phi) is 5.36. The molecule has 0 aliphatic carbocycles. The summed E-state index contributed by atoms with van der Waals surface area (Å²) in [5.74, 6) is 0.935. The summed E-state index contributed by atoms with van der Waals surface area (Å²) in [5.41, 5.74) is 1.45. The minimum atomic E-state index is 0.935. The zero-order valence-electron chi connectivity index (χ0n) is 9.42. The van der Waals surface area contributed by atoms with Crippen molar-refractivity contribution in [1.29, 1.82) is 0 Å². The van der Waals surface area contributed by atoms with Crippen LogP contribution in [0.4, 0.5) is 0 Å². The molecule has 0 spiro atoms. The van der Waals surface area contributed by atoms with Crippen molar-refractivity contribution >= 4 is 0 Å². The lowest BCUT2D eigenvalue weighted by Crippen LogP contribution is -1.97. The quantitative estimate of drug-likeness (QED) is 0.627. The molecular weight excluding hydrogens is 168 g/mol. The number of hydrogen-bond donors (Lipinski definition) is 0. The fourth-order valence-electron chi connectivity index (χ4n) is 1.88. The maximum absolute atomic E-state index is 3.05. The van der Waals surface area contributed by atoms with E-state index in [1.807, 2.05) is 12.1 Å². The highest BCUT2D eigenvalue weighted by Gasteiger charge is 2.02. The maximum atomic E-state index is 3.05. The van der Waals surface area contributed by atoms with Gasteiger partial charge in [-0.15, -0.1) is 0 Å². The van der Waals surface area contributed by atoms with Crippen LogP contribution in [0.25, 0.3) is 0 Å². The first-order valence-corrected chi connectivity index (χ1v) is 5.81. The van der Waals surface area contributed by atoms with Crippen molar-refractivity contribution in [3.63, 3.8) is 0 Å². The molecule has 0 aliphatic heterocycles. The predicted molar refractivity (Wildman–Crippen MR) is 62.3 cm³/mol. The maximum Gasteiger partial charge on any atom is -0.0184 e. The van der Waals surface area contributed by atoms with Gasteiger partial charge in [0.25, 0.3) is 0 Å². The van der Waals surface area contributed by atoms with E-state index < -0.39 is 0 Å². The van der Waals surface area contributed by atoms with Gasteiger partial charge in [-0.3, -0.25) is 0 Å². The van der Waals surface area contributed by atoms with Crippen LogP contribution in [0.3, 0.4) is 0 Å². The van der Waals surface area contributed by atoms with Gasteiger partial charge in [-0.25, -0.2) is 0 Å². The Labute approximate surface area is 88.4 Å². The average Bonchev–Trinajstić information content (AvgIpc) is 2.26. The lowest BCUT2D eigenvalue weighted by Gasteiger charge is -2.11. The average molecular weight is 189 g/mol. The van der Waals surface area contributed by atoms with Gasteiger partial charge in [0.15, 0.2) is 0 Å². The Morgan fingerprint density at radius 3 is 2.36 bits per heavy atom. The van der Waals surface area contributed by atoms with Crippen LogP contribution in [0, 0.1) is 12.0 Å². The Morgan fingerprint density at radius 2 is 1.79 bits per heavy atom. The summed E-state index contributed by atoms with van der Waals surface area (Å²) in [6.07, 6.45) is 6.60. The molecule has 0 amide bonds. The van der Waals surface area contributed by atoms with Gasteiger partial charge >= 0.3 is 0 Å². The zero-order valence-corrected chi connectivity index (χ0v) is 9.42. The summed E-state index contributed by atoms with van der Waals surface area (Å²) in [6.45, 7) is 4.59. The number of rotatable bonds is 6. The molecule has 0 N–H and O–H groups in total. The van der Waals surface area contributed by atoms with Crippen molar-refractivity contribution in [3.8, 4) is 0 Å². The minimum absolute atomic E-state index is 0.935. The second-order valence-corrected chi connectivity index (χ2v) is 3.98. The largest absolute Gasteiger partial charge is 0.0651 e. The van der Waals surface area contributed by atoms with Crippen molar-refractivity contribution in [2.75, 3.05) is 0 Å². The van der Waals surface area contributed by atoms with Crippen molar-refractivity contribution in [3.05, 3.63) is 35.9 Å². The first kappa shape index (κ1) is 11.3. The van der Waals surface area contributed by atoms with Crippen LogP contribution in [-0.4, -0.2) is 0 Å². The third kappa shape index (κ3) is 3.95. The number of aryl methyl sites for hydroxylation is 1. The summed E-state index contributed by atoms with van der Waals surface area (Å²) in [5, 5.41) is 0. The summed E-state index contributed by atoms with van der Waals surface area (Å²) in [4.78, 5) is 0. The predicted octanol–water partition coefficient (Wildman–Crippen LogP) is 4.25. The zero-order chi connectivity index (χ0) is 10.2. The molecule has 0 bridgehead atoms. The van der Waals surface area contributed by atoms with E-state index in [1.165, 1.54) is 37.7 Å². The highest BCUT2D eigenvalue weighted by atomic mass is 14.1. The van der Waals surface area contributed by atoms with E-state index in [-0.39, 0.29) is 0 Å². The molecule has 0 atom stereocenters. The van der Waals surface area contributed by atoms with E-state index in [2.05, 4.69) is 32.0 Å². The Balaban J connectivity index is 2.21. The Morgan fingerprint density at radius 1 is 1.14 bits per heavy atom. The molecule has 1 rings (SSSR count). The summed E-state index contributed by atoms with van der Waals surface area (Å²) in [6, 6.07) is 11.4. The van der Waals surface area contributed by atoms with Crippen molar-refractivity contribution < 1.29 is 0 Å². The molecule has 1 radical (unpaired) electrons. The fourth-order valence-corrected chi connectivity index (χ4v) is 1.88. The smallest absolute Gasteiger partial charge is 0.0184 e. The standard InChI is InChI=1S/C14H21/c1-3-13(4-2)11-8-12-14-9-6-5-7-10-14/h6-7,9-10,13H,3-4,8,11-12H2,1-2H3. The highest BCUT2D eigenvalue weighted by molar-refractivity contribution is 5.13. The third-order valence-electron chi connectivity index (χ3n) is 3.02. The van der Waals surface area contributed by atoms with Gasteiger partial charge in [0, 0.05) is 0 Å². The normalized spacial score (nSPS) is 10.8. The van der Waals surface area contributed by atoms with Gasteiger partial charge in [0.05, 0.1) is 0 Å². The van der Waals surface area contributed by atoms with Crippen LogP contribution in [0.5, 0.6) is 0 Å². The van der Waals surface area contributed by atoms with Gasteiger partial charge in [0.2, 0.25) is 0 Å². The van der Waals surface area contributed by atoms with Gasteiger partial charge in [-0.05, 0) is 30.4 Å². The Bertz CT molecular complexity index is 221. The number of hydrogen-bond acceptors (Lipinski definition) is 0. The van der Waals surface area contributed by atoms with E-state index in [1.54, 1.807) is 0 Å². The summed E-state index contributed by atoms with van der Waals surface area (Å²) in [7, 11) is 0.